The number of anilines is 1. The van der Waals surface area contributed by atoms with Crippen LogP contribution in [0, 0.1) is 0 Å². The molecular formula is C26H33N3O3. The summed E-state index contributed by atoms with van der Waals surface area (Å²) in [6.07, 6.45) is -0.0826. The van der Waals surface area contributed by atoms with Gasteiger partial charge in [-0.25, -0.2) is 4.68 Å². The number of rotatable bonds is 8. The van der Waals surface area contributed by atoms with Crippen LogP contribution in [0.2, 0.25) is 0 Å². The summed E-state index contributed by atoms with van der Waals surface area (Å²) >= 11 is 0. The monoisotopic (exact) mass is 435 g/mol. The second kappa shape index (κ2) is 9.35. The molecule has 0 saturated heterocycles. The maximum atomic E-state index is 13.3. The van der Waals surface area contributed by atoms with Crippen LogP contribution >= 0.6 is 0 Å². The molecule has 32 heavy (non-hydrogen) atoms. The lowest BCUT2D eigenvalue weighted by Gasteiger charge is -2.46. The minimum Gasteiger partial charge on any atom is -0.392 e. The molecule has 1 heterocycles. The molecule has 0 radical (unpaired) electrons. The van der Waals surface area contributed by atoms with Crippen LogP contribution in [0.15, 0.2) is 59.4 Å². The van der Waals surface area contributed by atoms with Crippen LogP contribution in [-0.4, -0.2) is 45.3 Å². The Labute approximate surface area is 189 Å². The fourth-order valence-corrected chi connectivity index (χ4v) is 4.98. The summed E-state index contributed by atoms with van der Waals surface area (Å²) in [6.45, 7) is 8.14. The Bertz CT molecular complexity index is 1070. The quantitative estimate of drug-likeness (QED) is 0.505. The van der Waals surface area contributed by atoms with E-state index in [9.17, 15) is 15.0 Å². The molecule has 3 N–H and O–H groups in total. The highest BCUT2D eigenvalue weighted by atomic mass is 16.3. The van der Waals surface area contributed by atoms with Gasteiger partial charge in [0.25, 0.3) is 5.56 Å². The summed E-state index contributed by atoms with van der Waals surface area (Å²) in [5.74, 6) is -1.00. The molecule has 6 heteroatoms. The van der Waals surface area contributed by atoms with Crippen molar-refractivity contribution in [1.82, 2.24) is 9.78 Å². The van der Waals surface area contributed by atoms with Crippen molar-refractivity contribution in [3.8, 4) is 5.69 Å². The number of aromatic amines is 1. The van der Waals surface area contributed by atoms with E-state index in [1.54, 1.807) is 0 Å². The summed E-state index contributed by atoms with van der Waals surface area (Å²) < 4.78 is 1.52. The predicted molar refractivity (Wildman–Crippen MR) is 128 cm³/mol. The highest BCUT2D eigenvalue weighted by molar-refractivity contribution is 5.49. The number of para-hydroxylation sites is 1. The average molecular weight is 436 g/mol. The first kappa shape index (κ1) is 22.4. The van der Waals surface area contributed by atoms with E-state index >= 15 is 0 Å². The predicted octanol–water partition coefficient (Wildman–Crippen LogP) is 3.57. The number of aryl methyl sites for hydroxylation is 1. The molecule has 3 aromatic rings. The average Bonchev–Trinajstić information content (AvgIpc) is 3.12. The van der Waals surface area contributed by atoms with Gasteiger partial charge in [-0.05, 0) is 50.1 Å². The van der Waals surface area contributed by atoms with E-state index in [0.717, 1.165) is 42.1 Å². The standard InChI is InChI=1S/C26H33N3O3/c1-4-10-20-22(26(32)29(27-20)19-11-8-7-9-12-19)23-24(30)21(25(23)31)17-13-15-18(16-14-17)28(5-2)6-3/h7-9,11-16,21,23-25,27,30-31H,4-6,10H2,1-3H3. The van der Waals surface area contributed by atoms with Gasteiger partial charge in [-0.3, -0.25) is 9.89 Å². The minimum absolute atomic E-state index is 0.196. The number of aromatic nitrogens is 2. The van der Waals surface area contributed by atoms with E-state index in [1.165, 1.54) is 4.68 Å². The van der Waals surface area contributed by atoms with Gasteiger partial charge in [-0.15, -0.1) is 0 Å². The molecular weight excluding hydrogens is 402 g/mol. The van der Waals surface area contributed by atoms with Gasteiger partial charge in [-0.1, -0.05) is 43.7 Å². The molecule has 4 rings (SSSR count). The Balaban J connectivity index is 1.64. The van der Waals surface area contributed by atoms with Crippen molar-refractivity contribution in [1.29, 1.82) is 0 Å². The number of hydrogen-bond acceptors (Lipinski definition) is 4. The molecule has 2 atom stereocenters. The van der Waals surface area contributed by atoms with E-state index in [2.05, 4.69) is 30.8 Å². The minimum atomic E-state index is -0.812. The van der Waals surface area contributed by atoms with Gasteiger partial charge in [0.1, 0.15) is 0 Å². The molecule has 1 aliphatic carbocycles. The summed E-state index contributed by atoms with van der Waals surface area (Å²) in [7, 11) is 0. The maximum absolute atomic E-state index is 13.3. The fraction of sp³-hybridized carbons (Fsp3) is 0.423. The van der Waals surface area contributed by atoms with E-state index in [1.807, 2.05) is 54.6 Å². The van der Waals surface area contributed by atoms with Crippen molar-refractivity contribution in [2.45, 2.75) is 57.7 Å². The SMILES string of the molecule is CCCc1[nH]n(-c2ccccc2)c(=O)c1C1C(O)C(c2ccc(N(CC)CC)cc2)C1O. The smallest absolute Gasteiger partial charge is 0.275 e. The largest absolute Gasteiger partial charge is 0.392 e. The Hall–Kier alpha value is -2.83. The fourth-order valence-electron chi connectivity index (χ4n) is 4.98. The summed E-state index contributed by atoms with van der Waals surface area (Å²) in [5, 5.41) is 25.4. The number of benzene rings is 2. The lowest BCUT2D eigenvalue weighted by molar-refractivity contribution is -0.0791. The second-order valence-corrected chi connectivity index (χ2v) is 8.53. The zero-order valence-electron chi connectivity index (χ0n) is 19.0. The van der Waals surface area contributed by atoms with E-state index in [4.69, 9.17) is 0 Å². The van der Waals surface area contributed by atoms with Crippen LogP contribution in [0.5, 0.6) is 0 Å². The molecule has 0 spiro atoms. The number of aliphatic hydroxyl groups is 2. The van der Waals surface area contributed by atoms with Gasteiger partial charge in [0.2, 0.25) is 0 Å². The van der Waals surface area contributed by atoms with Gasteiger partial charge in [0.05, 0.1) is 17.9 Å². The molecule has 170 valence electrons. The van der Waals surface area contributed by atoms with E-state index < -0.39 is 24.0 Å². The zero-order valence-corrected chi connectivity index (χ0v) is 19.0. The summed E-state index contributed by atoms with van der Waals surface area (Å²) in [5.41, 5.74) is 3.87. The first-order chi connectivity index (χ1) is 15.5. The summed E-state index contributed by atoms with van der Waals surface area (Å²) in [4.78, 5) is 15.6. The van der Waals surface area contributed by atoms with Crippen molar-refractivity contribution in [3.05, 3.63) is 81.8 Å². The zero-order chi connectivity index (χ0) is 22.8. The van der Waals surface area contributed by atoms with Crippen LogP contribution in [0.4, 0.5) is 5.69 Å². The molecule has 1 aliphatic rings. The highest BCUT2D eigenvalue weighted by Crippen LogP contribution is 2.48. The van der Waals surface area contributed by atoms with Gasteiger partial charge < -0.3 is 15.1 Å². The lowest BCUT2D eigenvalue weighted by Crippen LogP contribution is -2.53. The van der Waals surface area contributed by atoms with Crippen LogP contribution in [-0.2, 0) is 6.42 Å². The molecule has 2 aromatic carbocycles. The number of aliphatic hydroxyl groups excluding tert-OH is 2. The van der Waals surface area contributed by atoms with Gasteiger partial charge in [-0.2, -0.15) is 0 Å². The maximum Gasteiger partial charge on any atom is 0.275 e. The van der Waals surface area contributed by atoms with Gasteiger partial charge in [0, 0.05) is 41.9 Å². The van der Waals surface area contributed by atoms with Crippen LogP contribution in [0.25, 0.3) is 5.69 Å². The van der Waals surface area contributed by atoms with Crippen LogP contribution in [0.3, 0.4) is 0 Å². The van der Waals surface area contributed by atoms with Crippen LogP contribution < -0.4 is 10.5 Å². The van der Waals surface area contributed by atoms with Crippen molar-refractivity contribution < 1.29 is 10.2 Å². The van der Waals surface area contributed by atoms with Crippen molar-refractivity contribution in [3.63, 3.8) is 0 Å². The Morgan fingerprint density at radius 3 is 2.09 bits per heavy atom. The number of H-pyrrole nitrogens is 1. The Kier molecular flexibility index (Phi) is 6.53. The van der Waals surface area contributed by atoms with Crippen LogP contribution in [0.1, 0.15) is 55.8 Å². The highest BCUT2D eigenvalue weighted by Gasteiger charge is 2.52. The molecule has 0 amide bonds. The number of nitrogens with zero attached hydrogens (tertiary/aromatic N) is 2. The molecule has 0 aliphatic heterocycles. The summed E-state index contributed by atoms with van der Waals surface area (Å²) in [6, 6.07) is 17.4. The van der Waals surface area contributed by atoms with E-state index in [0.29, 0.717) is 12.0 Å². The molecule has 2 unspecified atom stereocenters. The lowest BCUT2D eigenvalue weighted by atomic mass is 9.63. The van der Waals surface area contributed by atoms with Crippen molar-refractivity contribution in [2.75, 3.05) is 18.0 Å². The molecule has 1 saturated carbocycles. The van der Waals surface area contributed by atoms with Crippen molar-refractivity contribution >= 4 is 5.69 Å². The topological polar surface area (TPSA) is 81.5 Å². The Morgan fingerprint density at radius 2 is 1.53 bits per heavy atom. The third-order valence-corrected chi connectivity index (χ3v) is 6.73. The van der Waals surface area contributed by atoms with Gasteiger partial charge in [0.15, 0.2) is 0 Å². The molecule has 1 aromatic heterocycles. The molecule has 1 fully saturated rings. The van der Waals surface area contributed by atoms with Crippen molar-refractivity contribution in [2.24, 2.45) is 0 Å². The third kappa shape index (κ3) is 3.78. The normalized spacial score (nSPS) is 22.5. The second-order valence-electron chi connectivity index (χ2n) is 8.53. The van der Waals surface area contributed by atoms with Gasteiger partial charge >= 0.3 is 0 Å². The number of hydrogen-bond donors (Lipinski definition) is 3. The Morgan fingerprint density at radius 1 is 0.906 bits per heavy atom. The third-order valence-electron chi connectivity index (χ3n) is 6.73. The number of nitrogens with one attached hydrogen (secondary N) is 1. The molecule has 0 bridgehead atoms. The molecule has 6 nitrogen and oxygen atoms in total. The first-order valence-electron chi connectivity index (χ1n) is 11.6. The first-order valence-corrected chi connectivity index (χ1v) is 11.6. The van der Waals surface area contributed by atoms with E-state index in [-0.39, 0.29) is 5.56 Å².